The minimum Gasteiger partial charge on any atom is -0.478 e. The molecule has 15 heavy (non-hydrogen) atoms. The van der Waals surface area contributed by atoms with Crippen molar-refractivity contribution in [3.05, 3.63) is 35.6 Å². The average Bonchev–Trinajstić information content (AvgIpc) is 2.61. The van der Waals surface area contributed by atoms with Gasteiger partial charge in [0.15, 0.2) is 0 Å². The number of hydrogen-bond donors (Lipinski definition) is 2. The zero-order valence-electron chi connectivity index (χ0n) is 8.22. The molecule has 2 unspecified atom stereocenters. The van der Waals surface area contributed by atoms with Crippen LogP contribution in [0.3, 0.4) is 0 Å². The van der Waals surface area contributed by atoms with Crippen molar-refractivity contribution in [2.24, 2.45) is 11.7 Å². The molecule has 1 heterocycles. The largest absolute Gasteiger partial charge is 0.478 e. The van der Waals surface area contributed by atoms with Crippen LogP contribution in [0.25, 0.3) is 0 Å². The van der Waals surface area contributed by atoms with Crippen LogP contribution >= 0.6 is 0 Å². The van der Waals surface area contributed by atoms with Crippen LogP contribution in [0.5, 0.6) is 0 Å². The lowest BCUT2D eigenvalue weighted by Gasteiger charge is -2.17. The van der Waals surface area contributed by atoms with Gasteiger partial charge in [0.25, 0.3) is 0 Å². The second-order valence-corrected chi connectivity index (χ2v) is 3.64. The number of allylic oxidation sites excluding steroid dienone is 1. The molecule has 1 aliphatic heterocycles. The van der Waals surface area contributed by atoms with Crippen molar-refractivity contribution in [3.8, 4) is 0 Å². The Morgan fingerprint density at radius 1 is 1.53 bits per heavy atom. The highest BCUT2D eigenvalue weighted by Crippen LogP contribution is 2.30. The molecule has 0 aromatic rings. The molecule has 80 valence electrons. The SMILES string of the molecule is NCCC1=CC2C=C(C(=O)O)OC2C=C1. The first-order chi connectivity index (χ1) is 7.20. The van der Waals surface area contributed by atoms with E-state index in [-0.39, 0.29) is 17.8 Å². The van der Waals surface area contributed by atoms with Gasteiger partial charge in [-0.2, -0.15) is 0 Å². The van der Waals surface area contributed by atoms with Gasteiger partial charge in [-0.15, -0.1) is 0 Å². The maximum absolute atomic E-state index is 10.7. The van der Waals surface area contributed by atoms with Gasteiger partial charge < -0.3 is 15.6 Å². The van der Waals surface area contributed by atoms with Crippen molar-refractivity contribution in [1.82, 2.24) is 0 Å². The lowest BCUT2D eigenvalue weighted by Crippen LogP contribution is -2.16. The van der Waals surface area contributed by atoms with E-state index in [2.05, 4.69) is 0 Å². The summed E-state index contributed by atoms with van der Waals surface area (Å²) >= 11 is 0. The Labute approximate surface area is 87.7 Å². The minimum atomic E-state index is -1.01. The van der Waals surface area contributed by atoms with E-state index in [1.165, 1.54) is 0 Å². The number of ether oxygens (including phenoxy) is 1. The number of aliphatic carboxylic acids is 1. The molecule has 0 saturated carbocycles. The van der Waals surface area contributed by atoms with Gasteiger partial charge in [0.05, 0.1) is 0 Å². The molecule has 0 spiro atoms. The highest BCUT2D eigenvalue weighted by molar-refractivity contribution is 5.85. The molecule has 1 aliphatic carbocycles. The quantitative estimate of drug-likeness (QED) is 0.718. The first-order valence-corrected chi connectivity index (χ1v) is 4.91. The van der Waals surface area contributed by atoms with Gasteiger partial charge >= 0.3 is 5.97 Å². The predicted octanol–water partition coefficient (Wildman–Crippen LogP) is 0.815. The molecule has 0 radical (unpaired) electrons. The van der Waals surface area contributed by atoms with Crippen LogP contribution < -0.4 is 5.73 Å². The highest BCUT2D eigenvalue weighted by Gasteiger charge is 2.30. The fourth-order valence-electron chi connectivity index (χ4n) is 1.82. The molecule has 0 aromatic heterocycles. The van der Waals surface area contributed by atoms with E-state index in [9.17, 15) is 4.79 Å². The van der Waals surface area contributed by atoms with Crippen LogP contribution in [-0.2, 0) is 9.53 Å². The van der Waals surface area contributed by atoms with Gasteiger partial charge in [0.2, 0.25) is 5.76 Å². The Morgan fingerprint density at radius 2 is 2.33 bits per heavy atom. The van der Waals surface area contributed by atoms with E-state index < -0.39 is 5.97 Å². The zero-order valence-corrected chi connectivity index (χ0v) is 8.22. The number of nitrogens with two attached hydrogens (primary N) is 1. The third-order valence-corrected chi connectivity index (χ3v) is 2.54. The molecular weight excluding hydrogens is 194 g/mol. The van der Waals surface area contributed by atoms with Crippen LogP contribution in [0.2, 0.25) is 0 Å². The molecule has 0 aromatic carbocycles. The topological polar surface area (TPSA) is 72.6 Å². The predicted molar refractivity (Wildman–Crippen MR) is 55.0 cm³/mol. The van der Waals surface area contributed by atoms with Crippen molar-refractivity contribution >= 4 is 5.97 Å². The van der Waals surface area contributed by atoms with Gasteiger partial charge in [-0.1, -0.05) is 17.7 Å². The van der Waals surface area contributed by atoms with Gasteiger partial charge in [-0.05, 0) is 25.1 Å². The highest BCUT2D eigenvalue weighted by atomic mass is 16.5. The average molecular weight is 207 g/mol. The molecule has 2 rings (SSSR count). The molecule has 0 saturated heterocycles. The molecule has 0 fully saturated rings. The monoisotopic (exact) mass is 207 g/mol. The smallest absolute Gasteiger partial charge is 0.370 e. The summed E-state index contributed by atoms with van der Waals surface area (Å²) in [5, 5.41) is 8.77. The van der Waals surface area contributed by atoms with Gasteiger partial charge in [0.1, 0.15) is 6.10 Å². The Hall–Kier alpha value is -1.55. The third-order valence-electron chi connectivity index (χ3n) is 2.54. The lowest BCUT2D eigenvalue weighted by molar-refractivity contribution is -0.136. The van der Waals surface area contributed by atoms with E-state index in [1.54, 1.807) is 6.08 Å². The first kappa shape index (κ1) is 9.98. The molecular formula is C11H13NO3. The van der Waals surface area contributed by atoms with Gasteiger partial charge in [-0.3, -0.25) is 0 Å². The van der Waals surface area contributed by atoms with Gasteiger partial charge in [-0.25, -0.2) is 4.79 Å². The Bertz CT molecular complexity index is 368. The van der Waals surface area contributed by atoms with Gasteiger partial charge in [0, 0.05) is 5.92 Å². The van der Waals surface area contributed by atoms with Crippen LogP contribution in [0.15, 0.2) is 35.6 Å². The second kappa shape index (κ2) is 3.90. The van der Waals surface area contributed by atoms with Crippen molar-refractivity contribution < 1.29 is 14.6 Å². The van der Waals surface area contributed by atoms with E-state index in [0.717, 1.165) is 12.0 Å². The van der Waals surface area contributed by atoms with E-state index in [4.69, 9.17) is 15.6 Å². The molecule has 0 amide bonds. The number of hydrogen-bond acceptors (Lipinski definition) is 3. The second-order valence-electron chi connectivity index (χ2n) is 3.64. The maximum Gasteiger partial charge on any atom is 0.370 e. The summed E-state index contributed by atoms with van der Waals surface area (Å²) in [6.45, 7) is 0.601. The Kier molecular flexibility index (Phi) is 2.60. The lowest BCUT2D eigenvalue weighted by atomic mass is 9.93. The van der Waals surface area contributed by atoms with Crippen LogP contribution in [-0.4, -0.2) is 23.7 Å². The summed E-state index contributed by atoms with van der Waals surface area (Å²) in [6, 6.07) is 0. The number of fused-ring (bicyclic) bond motifs is 1. The molecule has 2 aliphatic rings. The normalized spacial score (nSPS) is 27.8. The molecule has 4 nitrogen and oxygen atoms in total. The number of carboxylic acid groups (broad SMARTS) is 1. The van der Waals surface area contributed by atoms with E-state index in [1.807, 2.05) is 18.2 Å². The number of carbonyl (C=O) groups is 1. The fraction of sp³-hybridized carbons (Fsp3) is 0.364. The molecule has 3 N–H and O–H groups in total. The van der Waals surface area contributed by atoms with E-state index in [0.29, 0.717) is 6.54 Å². The number of rotatable bonds is 3. The zero-order chi connectivity index (χ0) is 10.8. The van der Waals surface area contributed by atoms with Crippen molar-refractivity contribution in [2.45, 2.75) is 12.5 Å². The van der Waals surface area contributed by atoms with Crippen molar-refractivity contribution in [3.63, 3.8) is 0 Å². The molecule has 0 bridgehead atoms. The Morgan fingerprint density at radius 3 is 3.00 bits per heavy atom. The summed E-state index contributed by atoms with van der Waals surface area (Å²) in [5.41, 5.74) is 6.60. The standard InChI is InChI=1S/C11H13NO3/c12-4-3-7-1-2-9-8(5-7)6-10(15-9)11(13)14/h1-2,5-6,8-9H,3-4,12H2,(H,13,14). The maximum atomic E-state index is 10.7. The molecule has 4 heteroatoms. The third kappa shape index (κ3) is 1.94. The molecule has 2 atom stereocenters. The first-order valence-electron chi connectivity index (χ1n) is 4.91. The minimum absolute atomic E-state index is 0.0416. The van der Waals surface area contributed by atoms with Crippen molar-refractivity contribution in [1.29, 1.82) is 0 Å². The van der Waals surface area contributed by atoms with Crippen LogP contribution in [0, 0.1) is 5.92 Å². The van der Waals surface area contributed by atoms with Crippen LogP contribution in [0.1, 0.15) is 6.42 Å². The fourth-order valence-corrected chi connectivity index (χ4v) is 1.82. The van der Waals surface area contributed by atoms with E-state index >= 15 is 0 Å². The van der Waals surface area contributed by atoms with Crippen LogP contribution in [0.4, 0.5) is 0 Å². The summed E-state index contributed by atoms with van der Waals surface area (Å²) in [6.07, 6.45) is 8.17. The van der Waals surface area contributed by atoms with Crippen molar-refractivity contribution in [2.75, 3.05) is 6.54 Å². The summed E-state index contributed by atoms with van der Waals surface area (Å²) in [4.78, 5) is 10.7. The Balaban J connectivity index is 2.14. The summed E-state index contributed by atoms with van der Waals surface area (Å²) in [5.74, 6) is -0.922. The number of carboxylic acids is 1. The summed E-state index contributed by atoms with van der Waals surface area (Å²) < 4.78 is 5.25. The summed E-state index contributed by atoms with van der Waals surface area (Å²) in [7, 11) is 0.